The number of carbonyl (C=O) groups excluding carboxylic acids is 1. The fourth-order valence-corrected chi connectivity index (χ4v) is 5.28. The van der Waals surface area contributed by atoms with Gasteiger partial charge in [-0.25, -0.2) is 0 Å². The van der Waals surface area contributed by atoms with Gasteiger partial charge in [0.2, 0.25) is 0 Å². The number of hydrogen-bond donors (Lipinski definition) is 1. The van der Waals surface area contributed by atoms with E-state index in [-0.39, 0.29) is 18.0 Å². The standard InChI is InChI=1S/C19H24O5Si/c1-23-15-11-14(20)18(25(3,4)5)17(13-9-7-6-8-10-13)19(15,24-2)12-16(21)22/h6-11H,12H2,1-5H3,(H,21,22). The minimum atomic E-state index is -2.11. The van der Waals surface area contributed by atoms with Crippen LogP contribution in [0.4, 0.5) is 0 Å². The summed E-state index contributed by atoms with van der Waals surface area (Å²) in [4.78, 5) is 24.5. The number of carbonyl (C=O) groups is 2. The molecule has 134 valence electrons. The molecule has 1 aliphatic carbocycles. The maximum Gasteiger partial charge on any atom is 0.307 e. The highest BCUT2D eigenvalue weighted by atomic mass is 28.3. The van der Waals surface area contributed by atoms with E-state index >= 15 is 0 Å². The third kappa shape index (κ3) is 3.45. The topological polar surface area (TPSA) is 72.8 Å². The Morgan fingerprint density at radius 2 is 1.76 bits per heavy atom. The number of ketones is 1. The third-order valence-electron chi connectivity index (χ3n) is 4.34. The van der Waals surface area contributed by atoms with Gasteiger partial charge in [-0.3, -0.25) is 9.59 Å². The second-order valence-electron chi connectivity index (χ2n) is 7.04. The summed E-state index contributed by atoms with van der Waals surface area (Å²) in [6.07, 6.45) is 1.06. The summed E-state index contributed by atoms with van der Waals surface area (Å²) in [5.74, 6) is -0.932. The lowest BCUT2D eigenvalue weighted by Gasteiger charge is -2.41. The number of carboxylic acid groups (broad SMARTS) is 1. The van der Waals surface area contributed by atoms with Gasteiger partial charge in [0.05, 0.1) is 21.6 Å². The smallest absolute Gasteiger partial charge is 0.307 e. The Kier molecular flexibility index (Phi) is 5.34. The summed E-state index contributed by atoms with van der Waals surface area (Å²) in [5.41, 5.74) is 0.0615. The zero-order chi connectivity index (χ0) is 18.8. The van der Waals surface area contributed by atoms with Crippen molar-refractivity contribution in [3.8, 4) is 0 Å². The zero-order valence-electron chi connectivity index (χ0n) is 15.3. The van der Waals surface area contributed by atoms with Crippen LogP contribution in [0, 0.1) is 0 Å². The first-order valence-electron chi connectivity index (χ1n) is 8.05. The molecule has 5 nitrogen and oxygen atoms in total. The van der Waals surface area contributed by atoms with E-state index in [1.807, 2.05) is 30.3 Å². The maximum atomic E-state index is 12.9. The first-order chi connectivity index (χ1) is 11.7. The highest BCUT2D eigenvalue weighted by Gasteiger charge is 2.50. The summed E-state index contributed by atoms with van der Waals surface area (Å²) in [6, 6.07) is 9.34. The molecular formula is C19H24O5Si. The highest BCUT2D eigenvalue weighted by molar-refractivity contribution is 6.88. The molecule has 0 bridgehead atoms. The molecule has 6 heteroatoms. The minimum absolute atomic E-state index is 0.132. The Bertz CT molecular complexity index is 743. The predicted molar refractivity (Wildman–Crippen MR) is 98.8 cm³/mol. The van der Waals surface area contributed by atoms with E-state index in [1.54, 1.807) is 0 Å². The molecule has 0 saturated carbocycles. The van der Waals surface area contributed by atoms with Gasteiger partial charge in [-0.2, -0.15) is 0 Å². The molecule has 2 rings (SSSR count). The molecule has 0 radical (unpaired) electrons. The van der Waals surface area contributed by atoms with Crippen LogP contribution in [-0.2, 0) is 19.1 Å². The average Bonchev–Trinajstić information content (AvgIpc) is 2.54. The van der Waals surface area contributed by atoms with Crippen molar-refractivity contribution in [1.29, 1.82) is 0 Å². The fourth-order valence-electron chi connectivity index (χ4n) is 3.37. The molecule has 1 atom stereocenters. The van der Waals surface area contributed by atoms with Crippen molar-refractivity contribution in [2.75, 3.05) is 14.2 Å². The van der Waals surface area contributed by atoms with Crippen molar-refractivity contribution in [2.45, 2.75) is 31.7 Å². The summed E-state index contributed by atoms with van der Waals surface area (Å²) >= 11 is 0. The molecule has 0 aromatic heterocycles. The summed E-state index contributed by atoms with van der Waals surface area (Å²) in [5, 5.41) is 10.2. The molecule has 0 spiro atoms. The number of allylic oxidation sites excluding steroid dienone is 2. The summed E-state index contributed by atoms with van der Waals surface area (Å²) in [6.45, 7) is 6.20. The fraction of sp³-hybridized carbons (Fsp3) is 0.368. The molecule has 0 amide bonds. The largest absolute Gasteiger partial charge is 0.497 e. The number of ether oxygens (including phenoxy) is 2. The van der Waals surface area contributed by atoms with E-state index in [0.717, 1.165) is 5.56 Å². The molecular weight excluding hydrogens is 336 g/mol. The lowest BCUT2D eigenvalue weighted by Crippen LogP contribution is -2.46. The number of methoxy groups -OCH3 is 2. The molecule has 0 saturated heterocycles. The highest BCUT2D eigenvalue weighted by Crippen LogP contribution is 2.46. The molecule has 0 aliphatic heterocycles. The van der Waals surface area contributed by atoms with Crippen LogP contribution in [0.3, 0.4) is 0 Å². The third-order valence-corrected chi connectivity index (χ3v) is 6.34. The Labute approximate surface area is 149 Å². The Balaban J connectivity index is 2.92. The van der Waals surface area contributed by atoms with Crippen LogP contribution in [0.5, 0.6) is 0 Å². The van der Waals surface area contributed by atoms with Gasteiger partial charge in [0.25, 0.3) is 0 Å². The van der Waals surface area contributed by atoms with Crippen molar-refractivity contribution in [3.05, 3.63) is 52.9 Å². The Morgan fingerprint density at radius 1 is 1.16 bits per heavy atom. The second kappa shape index (κ2) is 6.97. The second-order valence-corrected chi connectivity index (χ2v) is 12.0. The maximum absolute atomic E-state index is 12.9. The summed E-state index contributed by atoms with van der Waals surface area (Å²) in [7, 11) is 0.775. The Hall–Kier alpha value is -2.18. The molecule has 1 aromatic carbocycles. The molecule has 25 heavy (non-hydrogen) atoms. The van der Waals surface area contributed by atoms with E-state index < -0.39 is 19.6 Å². The van der Waals surface area contributed by atoms with E-state index in [9.17, 15) is 14.7 Å². The van der Waals surface area contributed by atoms with Crippen LogP contribution in [0.1, 0.15) is 12.0 Å². The minimum Gasteiger partial charge on any atom is -0.497 e. The molecule has 1 aromatic rings. The van der Waals surface area contributed by atoms with Crippen LogP contribution in [0.25, 0.3) is 5.57 Å². The Morgan fingerprint density at radius 3 is 2.20 bits per heavy atom. The van der Waals surface area contributed by atoms with Gasteiger partial charge in [0.15, 0.2) is 11.4 Å². The lowest BCUT2D eigenvalue weighted by molar-refractivity contribution is -0.141. The monoisotopic (exact) mass is 360 g/mol. The number of rotatable bonds is 6. The van der Waals surface area contributed by atoms with Crippen molar-refractivity contribution >= 4 is 25.4 Å². The van der Waals surface area contributed by atoms with Gasteiger partial charge < -0.3 is 14.6 Å². The van der Waals surface area contributed by atoms with Crippen molar-refractivity contribution < 1.29 is 24.2 Å². The quantitative estimate of drug-likeness (QED) is 0.788. The number of aliphatic carboxylic acids is 1. The first-order valence-corrected chi connectivity index (χ1v) is 11.6. The van der Waals surface area contributed by atoms with Crippen LogP contribution in [0.15, 0.2) is 47.4 Å². The first kappa shape index (κ1) is 19.1. The van der Waals surface area contributed by atoms with Crippen LogP contribution >= 0.6 is 0 Å². The number of benzene rings is 1. The van der Waals surface area contributed by atoms with Gasteiger partial charge in [0, 0.05) is 18.8 Å². The normalized spacial score (nSPS) is 21.2. The van der Waals surface area contributed by atoms with E-state index in [0.29, 0.717) is 10.8 Å². The van der Waals surface area contributed by atoms with Crippen molar-refractivity contribution in [3.63, 3.8) is 0 Å². The predicted octanol–water partition coefficient (Wildman–Crippen LogP) is 3.29. The van der Waals surface area contributed by atoms with Crippen molar-refractivity contribution in [1.82, 2.24) is 0 Å². The van der Waals surface area contributed by atoms with Gasteiger partial charge in [-0.15, -0.1) is 0 Å². The SMILES string of the molecule is COC1=CC(=O)C([Si](C)(C)C)=C(c2ccccc2)C1(CC(=O)O)OC. The van der Waals surface area contributed by atoms with Crippen molar-refractivity contribution in [2.24, 2.45) is 0 Å². The van der Waals surface area contributed by atoms with E-state index in [2.05, 4.69) is 19.6 Å². The van der Waals surface area contributed by atoms with Gasteiger partial charge in [-0.1, -0.05) is 50.0 Å². The molecule has 1 unspecified atom stereocenters. The van der Waals surface area contributed by atoms with E-state index in [1.165, 1.54) is 20.3 Å². The van der Waals surface area contributed by atoms with Crippen LogP contribution in [-0.4, -0.2) is 44.8 Å². The molecule has 1 N–H and O–H groups in total. The van der Waals surface area contributed by atoms with Crippen LogP contribution < -0.4 is 0 Å². The molecule has 1 aliphatic rings. The van der Waals surface area contributed by atoms with E-state index in [4.69, 9.17) is 9.47 Å². The number of carboxylic acids is 1. The molecule has 0 fully saturated rings. The molecule has 0 heterocycles. The van der Waals surface area contributed by atoms with Gasteiger partial charge in [0.1, 0.15) is 5.76 Å². The number of hydrogen-bond acceptors (Lipinski definition) is 4. The van der Waals surface area contributed by atoms with Crippen LogP contribution in [0.2, 0.25) is 19.6 Å². The average molecular weight is 360 g/mol. The zero-order valence-corrected chi connectivity index (χ0v) is 16.3. The lowest BCUT2D eigenvalue weighted by atomic mass is 9.79. The van der Waals surface area contributed by atoms with Gasteiger partial charge in [-0.05, 0) is 10.8 Å². The summed E-state index contributed by atoms with van der Waals surface area (Å²) < 4.78 is 11.2. The van der Waals surface area contributed by atoms with Gasteiger partial charge >= 0.3 is 5.97 Å².